The average Bonchev–Trinajstić information content (AvgIpc) is 3.11. The highest BCUT2D eigenvalue weighted by Gasteiger charge is 2.27. The molecule has 3 heterocycles. The first-order chi connectivity index (χ1) is 11.7. The Balaban J connectivity index is 1.60. The molecule has 24 heavy (non-hydrogen) atoms. The maximum atomic E-state index is 11.6. The van der Waals surface area contributed by atoms with E-state index < -0.39 is 0 Å². The van der Waals surface area contributed by atoms with Crippen LogP contribution in [0, 0.1) is 0 Å². The van der Waals surface area contributed by atoms with Gasteiger partial charge in [-0.3, -0.25) is 9.78 Å². The van der Waals surface area contributed by atoms with Crippen molar-refractivity contribution in [3.63, 3.8) is 0 Å². The summed E-state index contributed by atoms with van der Waals surface area (Å²) in [6.07, 6.45) is 3.54. The highest BCUT2D eigenvalue weighted by Crippen LogP contribution is 2.27. The fourth-order valence-corrected chi connectivity index (χ4v) is 3.04. The summed E-state index contributed by atoms with van der Waals surface area (Å²) < 4.78 is 5.38. The number of carbonyl (C=O) groups is 1. The maximum Gasteiger partial charge on any atom is 0.278 e. The Morgan fingerprint density at radius 3 is 2.92 bits per heavy atom. The van der Waals surface area contributed by atoms with E-state index in [0.29, 0.717) is 24.0 Å². The highest BCUT2D eigenvalue weighted by molar-refractivity contribution is 5.75. The molecule has 3 aromatic rings. The minimum Gasteiger partial charge on any atom is -0.342 e. The van der Waals surface area contributed by atoms with E-state index in [4.69, 9.17) is 4.52 Å². The summed E-state index contributed by atoms with van der Waals surface area (Å²) in [6, 6.07) is 7.64. The van der Waals surface area contributed by atoms with Crippen molar-refractivity contribution in [1.29, 1.82) is 0 Å². The molecule has 0 spiro atoms. The predicted octanol–water partition coefficient (Wildman–Crippen LogP) is 2.41. The van der Waals surface area contributed by atoms with Crippen LogP contribution in [0.5, 0.6) is 0 Å². The molecule has 7 nitrogen and oxygen atoms in total. The highest BCUT2D eigenvalue weighted by atomic mass is 16.5. The van der Waals surface area contributed by atoms with Gasteiger partial charge in [-0.05, 0) is 25.0 Å². The quantitative estimate of drug-likeness (QED) is 0.720. The van der Waals surface area contributed by atoms with E-state index in [0.717, 1.165) is 30.4 Å². The van der Waals surface area contributed by atoms with Crippen LogP contribution in [0.1, 0.15) is 31.5 Å². The van der Waals surface area contributed by atoms with Crippen LogP contribution < -0.4 is 0 Å². The van der Waals surface area contributed by atoms with Gasteiger partial charge in [0, 0.05) is 25.9 Å². The van der Waals surface area contributed by atoms with Crippen molar-refractivity contribution in [2.75, 3.05) is 13.1 Å². The minimum absolute atomic E-state index is 0.0869. The summed E-state index contributed by atoms with van der Waals surface area (Å²) in [4.78, 5) is 26.8. The number of amides is 1. The molecule has 1 aliphatic heterocycles. The van der Waals surface area contributed by atoms with Gasteiger partial charge in [0.25, 0.3) is 5.89 Å². The zero-order valence-electron chi connectivity index (χ0n) is 13.3. The molecule has 1 saturated heterocycles. The van der Waals surface area contributed by atoms with Crippen LogP contribution in [0.2, 0.25) is 0 Å². The van der Waals surface area contributed by atoms with Gasteiger partial charge in [0.1, 0.15) is 5.69 Å². The Kier molecular flexibility index (Phi) is 3.68. The van der Waals surface area contributed by atoms with Gasteiger partial charge < -0.3 is 9.42 Å². The van der Waals surface area contributed by atoms with Crippen molar-refractivity contribution in [2.24, 2.45) is 0 Å². The second-order valence-corrected chi connectivity index (χ2v) is 6.01. The largest absolute Gasteiger partial charge is 0.342 e. The third kappa shape index (κ3) is 2.73. The molecule has 0 bridgehead atoms. The van der Waals surface area contributed by atoms with Crippen molar-refractivity contribution in [1.82, 2.24) is 25.0 Å². The summed E-state index contributed by atoms with van der Waals surface area (Å²) in [5.41, 5.74) is 2.17. The van der Waals surface area contributed by atoms with Crippen molar-refractivity contribution in [2.45, 2.75) is 25.7 Å². The van der Waals surface area contributed by atoms with E-state index in [9.17, 15) is 4.79 Å². The molecule has 0 saturated carbocycles. The molecule has 2 aromatic heterocycles. The number of hydrogen-bond donors (Lipinski definition) is 0. The molecule has 1 fully saturated rings. The number of hydrogen-bond acceptors (Lipinski definition) is 6. The molecular weight excluding hydrogens is 306 g/mol. The summed E-state index contributed by atoms with van der Waals surface area (Å²) >= 11 is 0. The molecule has 0 radical (unpaired) electrons. The van der Waals surface area contributed by atoms with E-state index in [1.54, 1.807) is 13.1 Å². The van der Waals surface area contributed by atoms with E-state index in [1.165, 1.54) is 0 Å². The van der Waals surface area contributed by atoms with Crippen LogP contribution >= 0.6 is 0 Å². The van der Waals surface area contributed by atoms with Gasteiger partial charge in [0.05, 0.1) is 17.2 Å². The SMILES string of the molecule is CC(=O)N1CCC[C@H](c2noc(-c3cnc4ccccc4n3)n2)C1. The third-order valence-electron chi connectivity index (χ3n) is 4.34. The van der Waals surface area contributed by atoms with Crippen molar-refractivity contribution >= 4 is 16.9 Å². The number of aromatic nitrogens is 4. The monoisotopic (exact) mass is 323 g/mol. The van der Waals surface area contributed by atoms with Crippen LogP contribution in [0.15, 0.2) is 35.0 Å². The topological polar surface area (TPSA) is 85.0 Å². The maximum absolute atomic E-state index is 11.6. The standard InChI is InChI=1S/C17H17N5O2/c1-11(23)22-8-4-5-12(10-22)16-20-17(24-21-16)15-9-18-13-6-2-3-7-14(13)19-15/h2-3,6-7,9,12H,4-5,8,10H2,1H3/t12-/m0/s1. The normalized spacial score (nSPS) is 18.0. The lowest BCUT2D eigenvalue weighted by Crippen LogP contribution is -2.37. The lowest BCUT2D eigenvalue weighted by molar-refractivity contribution is -0.130. The van der Waals surface area contributed by atoms with Crippen molar-refractivity contribution in [3.05, 3.63) is 36.3 Å². The van der Waals surface area contributed by atoms with Gasteiger partial charge in [0.2, 0.25) is 5.91 Å². The first-order valence-electron chi connectivity index (χ1n) is 8.02. The smallest absolute Gasteiger partial charge is 0.278 e. The fourth-order valence-electron chi connectivity index (χ4n) is 3.04. The molecule has 1 atom stereocenters. The van der Waals surface area contributed by atoms with E-state index >= 15 is 0 Å². The fraction of sp³-hybridized carbons (Fsp3) is 0.353. The van der Waals surface area contributed by atoms with Crippen LogP contribution in [0.3, 0.4) is 0 Å². The van der Waals surface area contributed by atoms with Crippen molar-refractivity contribution in [3.8, 4) is 11.6 Å². The number of piperidine rings is 1. The molecule has 4 rings (SSSR count). The summed E-state index contributed by atoms with van der Waals surface area (Å²) in [7, 11) is 0. The Morgan fingerprint density at radius 2 is 2.08 bits per heavy atom. The van der Waals surface area contributed by atoms with Crippen molar-refractivity contribution < 1.29 is 9.32 Å². The number of nitrogens with zero attached hydrogens (tertiary/aromatic N) is 5. The van der Waals surface area contributed by atoms with Gasteiger partial charge in [-0.25, -0.2) is 4.98 Å². The van der Waals surface area contributed by atoms with Crippen LogP contribution in [-0.2, 0) is 4.79 Å². The van der Waals surface area contributed by atoms with E-state index in [1.807, 2.05) is 29.2 Å². The van der Waals surface area contributed by atoms with Gasteiger partial charge >= 0.3 is 0 Å². The van der Waals surface area contributed by atoms with Gasteiger partial charge in [-0.1, -0.05) is 17.3 Å². The Bertz CT molecular complexity index is 891. The number of carbonyl (C=O) groups excluding carboxylic acids is 1. The summed E-state index contributed by atoms with van der Waals surface area (Å²) in [5, 5.41) is 4.10. The second-order valence-electron chi connectivity index (χ2n) is 6.01. The number of likely N-dealkylation sites (tertiary alicyclic amines) is 1. The molecule has 1 aliphatic rings. The Morgan fingerprint density at radius 1 is 1.25 bits per heavy atom. The van der Waals surface area contributed by atoms with E-state index in [-0.39, 0.29) is 11.8 Å². The molecule has 0 aliphatic carbocycles. The van der Waals surface area contributed by atoms with Crippen LogP contribution in [0.4, 0.5) is 0 Å². The first-order valence-corrected chi connectivity index (χ1v) is 8.02. The molecule has 0 N–H and O–H groups in total. The number of rotatable bonds is 2. The minimum atomic E-state index is 0.0869. The number of benzene rings is 1. The Labute approximate surface area is 138 Å². The molecule has 0 unspecified atom stereocenters. The van der Waals surface area contributed by atoms with Crippen LogP contribution in [-0.4, -0.2) is 44.0 Å². The van der Waals surface area contributed by atoms with Gasteiger partial charge in [-0.15, -0.1) is 0 Å². The number of fused-ring (bicyclic) bond motifs is 1. The zero-order chi connectivity index (χ0) is 16.5. The lowest BCUT2D eigenvalue weighted by atomic mass is 9.97. The Hall–Kier alpha value is -2.83. The molecule has 122 valence electrons. The van der Waals surface area contributed by atoms with Gasteiger partial charge in [0.15, 0.2) is 5.82 Å². The third-order valence-corrected chi connectivity index (χ3v) is 4.34. The van der Waals surface area contributed by atoms with E-state index in [2.05, 4.69) is 20.1 Å². The predicted molar refractivity (Wildman–Crippen MR) is 87.1 cm³/mol. The zero-order valence-corrected chi connectivity index (χ0v) is 13.3. The second kappa shape index (κ2) is 5.99. The molecule has 1 aromatic carbocycles. The average molecular weight is 323 g/mol. The molecule has 7 heteroatoms. The molecule has 1 amide bonds. The molecular formula is C17H17N5O2. The number of para-hydroxylation sites is 2. The van der Waals surface area contributed by atoms with Gasteiger partial charge in [-0.2, -0.15) is 4.98 Å². The summed E-state index contributed by atoms with van der Waals surface area (Å²) in [6.45, 7) is 3.03. The first kappa shape index (κ1) is 14.7. The lowest BCUT2D eigenvalue weighted by Gasteiger charge is -2.30. The van der Waals surface area contributed by atoms with Crippen LogP contribution in [0.25, 0.3) is 22.6 Å². The summed E-state index contributed by atoms with van der Waals surface area (Å²) in [5.74, 6) is 1.19.